The van der Waals surface area contributed by atoms with Gasteiger partial charge in [-0.3, -0.25) is 4.79 Å². The first-order valence-corrected chi connectivity index (χ1v) is 9.71. The Morgan fingerprint density at radius 3 is 2.62 bits per heavy atom. The van der Waals surface area contributed by atoms with E-state index in [1.165, 1.54) is 34.2 Å². The first kappa shape index (κ1) is 19.2. The van der Waals surface area contributed by atoms with Gasteiger partial charge in [0.05, 0.1) is 17.1 Å². The highest BCUT2D eigenvalue weighted by Crippen LogP contribution is 2.30. The zero-order valence-electron chi connectivity index (χ0n) is 15.3. The van der Waals surface area contributed by atoms with Gasteiger partial charge >= 0.3 is 0 Å². The average Bonchev–Trinajstić information content (AvgIpc) is 3.30. The minimum absolute atomic E-state index is 0.0308. The van der Waals surface area contributed by atoms with Crippen LogP contribution in [-0.4, -0.2) is 31.1 Å². The van der Waals surface area contributed by atoms with E-state index in [4.69, 9.17) is 11.6 Å². The van der Waals surface area contributed by atoms with Crippen LogP contribution in [0.4, 0.5) is 10.1 Å². The van der Waals surface area contributed by atoms with Gasteiger partial charge in [-0.25, -0.2) is 9.37 Å². The fourth-order valence-corrected chi connectivity index (χ4v) is 3.81. The summed E-state index contributed by atoms with van der Waals surface area (Å²) in [7, 11) is 0. The molecular weight excluding hydrogens is 415 g/mol. The van der Waals surface area contributed by atoms with Gasteiger partial charge in [-0.1, -0.05) is 23.7 Å². The largest absolute Gasteiger partial charge is 0.319 e. The summed E-state index contributed by atoms with van der Waals surface area (Å²) < 4.78 is 15.7. The van der Waals surface area contributed by atoms with Crippen molar-refractivity contribution >= 4 is 34.5 Å². The van der Waals surface area contributed by atoms with Crippen molar-refractivity contribution in [3.05, 3.63) is 69.7 Å². The SMILES string of the molecule is Cc1nc(-c2ccc(Cl)cc2)sc1C(=O)Nc1cc(-n2nnnc2C)ccc1F. The lowest BCUT2D eigenvalue weighted by Crippen LogP contribution is -2.13. The van der Waals surface area contributed by atoms with Crippen molar-refractivity contribution in [2.45, 2.75) is 13.8 Å². The molecule has 2 aromatic carbocycles. The number of tetrazole rings is 1. The number of halogens is 2. The molecule has 0 atom stereocenters. The number of hydrogen-bond acceptors (Lipinski definition) is 6. The number of benzene rings is 2. The Labute approximate surface area is 174 Å². The van der Waals surface area contributed by atoms with Crippen LogP contribution in [0.5, 0.6) is 0 Å². The maximum absolute atomic E-state index is 14.3. The molecule has 0 saturated heterocycles. The number of carbonyl (C=O) groups excluding carboxylic acids is 1. The van der Waals surface area contributed by atoms with Gasteiger partial charge in [0.2, 0.25) is 0 Å². The Hall–Kier alpha value is -3.17. The summed E-state index contributed by atoms with van der Waals surface area (Å²) >= 11 is 7.15. The van der Waals surface area contributed by atoms with Gasteiger partial charge in [-0.2, -0.15) is 4.68 Å². The first-order valence-electron chi connectivity index (χ1n) is 8.52. The number of amides is 1. The number of hydrogen-bond donors (Lipinski definition) is 1. The maximum atomic E-state index is 14.3. The second-order valence-corrected chi connectivity index (χ2v) is 7.63. The molecule has 0 fully saturated rings. The Morgan fingerprint density at radius 1 is 1.17 bits per heavy atom. The molecule has 1 N–H and O–H groups in total. The van der Waals surface area contributed by atoms with Crippen LogP contribution in [0.15, 0.2) is 42.5 Å². The van der Waals surface area contributed by atoms with Crippen LogP contribution in [0.2, 0.25) is 5.02 Å². The van der Waals surface area contributed by atoms with E-state index in [2.05, 4.69) is 25.8 Å². The van der Waals surface area contributed by atoms with Crippen molar-refractivity contribution in [1.82, 2.24) is 25.2 Å². The molecule has 4 aromatic rings. The summed E-state index contributed by atoms with van der Waals surface area (Å²) in [6, 6.07) is 11.5. The van der Waals surface area contributed by atoms with Crippen molar-refractivity contribution in [1.29, 1.82) is 0 Å². The molecule has 2 aromatic heterocycles. The Kier molecular flexibility index (Phi) is 5.08. The molecule has 0 unspecified atom stereocenters. The molecule has 0 aliphatic carbocycles. The first-order chi connectivity index (χ1) is 13.9. The van der Waals surface area contributed by atoms with E-state index in [0.717, 1.165) is 5.56 Å². The van der Waals surface area contributed by atoms with Gasteiger partial charge in [0.15, 0.2) is 5.82 Å². The fourth-order valence-electron chi connectivity index (χ4n) is 2.71. The molecule has 2 heterocycles. The van der Waals surface area contributed by atoms with Gasteiger partial charge < -0.3 is 5.32 Å². The van der Waals surface area contributed by atoms with E-state index >= 15 is 0 Å². The van der Waals surface area contributed by atoms with E-state index in [1.54, 1.807) is 26.0 Å². The van der Waals surface area contributed by atoms with Crippen molar-refractivity contribution in [2.75, 3.05) is 5.32 Å². The molecule has 0 bridgehead atoms. The van der Waals surface area contributed by atoms with Crippen molar-refractivity contribution in [3.8, 4) is 16.3 Å². The molecule has 1 amide bonds. The third-order valence-electron chi connectivity index (χ3n) is 4.16. The smallest absolute Gasteiger partial charge is 0.267 e. The third-order valence-corrected chi connectivity index (χ3v) is 5.62. The Morgan fingerprint density at radius 2 is 1.93 bits per heavy atom. The predicted molar refractivity (Wildman–Crippen MR) is 109 cm³/mol. The molecule has 0 aliphatic rings. The molecule has 10 heteroatoms. The third kappa shape index (κ3) is 3.87. The summed E-state index contributed by atoms with van der Waals surface area (Å²) in [5, 5.41) is 15.2. The highest BCUT2D eigenvalue weighted by molar-refractivity contribution is 7.17. The summed E-state index contributed by atoms with van der Waals surface area (Å²) in [5.41, 5.74) is 1.98. The maximum Gasteiger partial charge on any atom is 0.267 e. The number of nitrogens with one attached hydrogen (secondary N) is 1. The van der Waals surface area contributed by atoms with E-state index in [-0.39, 0.29) is 5.69 Å². The number of anilines is 1. The van der Waals surface area contributed by atoms with Crippen LogP contribution in [0.25, 0.3) is 16.3 Å². The zero-order valence-corrected chi connectivity index (χ0v) is 16.9. The Bertz CT molecular complexity index is 1200. The van der Waals surface area contributed by atoms with Crippen molar-refractivity contribution in [2.24, 2.45) is 0 Å². The van der Waals surface area contributed by atoms with Gasteiger partial charge in [0.25, 0.3) is 5.91 Å². The summed E-state index contributed by atoms with van der Waals surface area (Å²) in [6.07, 6.45) is 0. The molecule has 146 valence electrons. The minimum atomic E-state index is -0.562. The molecule has 7 nitrogen and oxygen atoms in total. The number of rotatable bonds is 4. The Balaban J connectivity index is 1.62. The monoisotopic (exact) mass is 428 g/mol. The minimum Gasteiger partial charge on any atom is -0.319 e. The highest BCUT2D eigenvalue weighted by atomic mass is 35.5. The molecule has 0 saturated carbocycles. The molecule has 29 heavy (non-hydrogen) atoms. The van der Waals surface area contributed by atoms with E-state index in [0.29, 0.717) is 32.1 Å². The van der Waals surface area contributed by atoms with Crippen LogP contribution in [0.3, 0.4) is 0 Å². The average molecular weight is 429 g/mol. The topological polar surface area (TPSA) is 85.6 Å². The van der Waals surface area contributed by atoms with Crippen LogP contribution >= 0.6 is 22.9 Å². The zero-order chi connectivity index (χ0) is 20.5. The summed E-state index contributed by atoms with van der Waals surface area (Å²) in [5.74, 6) is -0.461. The lowest BCUT2D eigenvalue weighted by atomic mass is 10.2. The van der Waals surface area contributed by atoms with E-state index in [1.807, 2.05) is 12.1 Å². The molecule has 0 radical (unpaired) electrons. The number of thiazole rings is 1. The number of aryl methyl sites for hydroxylation is 2. The molecule has 4 rings (SSSR count). The van der Waals surface area contributed by atoms with Crippen LogP contribution in [-0.2, 0) is 0 Å². The quantitative estimate of drug-likeness (QED) is 0.519. The standard InChI is InChI=1S/C19H14ClFN6OS/c1-10-17(29-19(22-10)12-3-5-13(20)6-4-12)18(28)23-16-9-14(7-8-15(16)21)27-11(2)24-25-26-27/h3-9H,1-2H3,(H,23,28). The highest BCUT2D eigenvalue weighted by Gasteiger charge is 2.18. The lowest BCUT2D eigenvalue weighted by Gasteiger charge is -2.08. The summed E-state index contributed by atoms with van der Waals surface area (Å²) in [6.45, 7) is 3.46. The van der Waals surface area contributed by atoms with Crippen molar-refractivity contribution < 1.29 is 9.18 Å². The van der Waals surface area contributed by atoms with Gasteiger partial charge in [-0.05, 0) is 54.6 Å². The summed E-state index contributed by atoms with van der Waals surface area (Å²) in [4.78, 5) is 17.6. The lowest BCUT2D eigenvalue weighted by molar-refractivity contribution is 0.102. The molecule has 0 spiro atoms. The van der Waals surface area contributed by atoms with Crippen molar-refractivity contribution in [3.63, 3.8) is 0 Å². The number of carbonyl (C=O) groups is 1. The van der Waals surface area contributed by atoms with E-state index in [9.17, 15) is 9.18 Å². The van der Waals surface area contributed by atoms with Gasteiger partial charge in [-0.15, -0.1) is 16.4 Å². The van der Waals surface area contributed by atoms with E-state index < -0.39 is 11.7 Å². The second kappa shape index (κ2) is 7.69. The van der Waals surface area contributed by atoms with Crippen LogP contribution in [0, 0.1) is 19.7 Å². The predicted octanol–water partition coefficient (Wildman–Crippen LogP) is 4.45. The normalized spacial score (nSPS) is 10.9. The van der Waals surface area contributed by atoms with Gasteiger partial charge in [0.1, 0.15) is 15.7 Å². The van der Waals surface area contributed by atoms with Gasteiger partial charge in [0, 0.05) is 10.6 Å². The number of aromatic nitrogens is 5. The fraction of sp³-hybridized carbons (Fsp3) is 0.105. The molecule has 0 aliphatic heterocycles. The second-order valence-electron chi connectivity index (χ2n) is 6.20. The molecular formula is C19H14ClFN6OS. The number of nitrogens with zero attached hydrogens (tertiary/aromatic N) is 5. The van der Waals surface area contributed by atoms with Crippen LogP contribution < -0.4 is 5.32 Å². The van der Waals surface area contributed by atoms with Crippen LogP contribution in [0.1, 0.15) is 21.2 Å².